The number of halogens is 4. The highest BCUT2D eigenvalue weighted by atomic mass is 19.4. The molecule has 1 aliphatic rings. The number of H-pyrrole nitrogens is 1. The maximum absolute atomic E-state index is 13.8. The smallest absolute Gasteiger partial charge is 0.475 e. The first-order valence-electron chi connectivity index (χ1n) is 9.93. The number of carboxylic acid groups (broad SMARTS) is 1. The van der Waals surface area contributed by atoms with E-state index in [2.05, 4.69) is 27.1 Å². The molecule has 0 aliphatic carbocycles. The summed E-state index contributed by atoms with van der Waals surface area (Å²) in [6.45, 7) is 6.07. The second-order valence-corrected chi connectivity index (χ2v) is 7.44. The summed E-state index contributed by atoms with van der Waals surface area (Å²) < 4.78 is 45.5. The average Bonchev–Trinajstić information content (AvgIpc) is 3.03. The van der Waals surface area contributed by atoms with Crippen LogP contribution in [0.5, 0.6) is 0 Å². The quantitative estimate of drug-likeness (QED) is 0.613. The van der Waals surface area contributed by atoms with Crippen LogP contribution in [0, 0.1) is 12.7 Å². The third-order valence-electron chi connectivity index (χ3n) is 4.97. The zero-order valence-corrected chi connectivity index (χ0v) is 17.8. The molecular formula is C21H26F4N4O3. The number of rotatable bonds is 4. The van der Waals surface area contributed by atoms with E-state index in [0.29, 0.717) is 12.2 Å². The average molecular weight is 458 g/mol. The Morgan fingerprint density at radius 2 is 1.84 bits per heavy atom. The van der Waals surface area contributed by atoms with Crippen LogP contribution < -0.4 is 10.2 Å². The molecular weight excluding hydrogens is 432 g/mol. The molecule has 1 aromatic heterocycles. The van der Waals surface area contributed by atoms with Crippen LogP contribution in [0.1, 0.15) is 28.0 Å². The SMILES string of the molecule is Cc1cc[nH]c1C(=O)NCc1cc(F)ccc1N1CCCN(C)CC1.O=C(O)C(F)(F)F. The van der Waals surface area contributed by atoms with Crippen LogP contribution in [-0.2, 0) is 11.3 Å². The van der Waals surface area contributed by atoms with Crippen molar-refractivity contribution in [1.29, 1.82) is 0 Å². The molecule has 0 radical (unpaired) electrons. The molecule has 3 N–H and O–H groups in total. The number of nitrogens with zero attached hydrogens (tertiary/aromatic N) is 2. The number of carbonyl (C=O) groups is 2. The van der Waals surface area contributed by atoms with Gasteiger partial charge in [0.2, 0.25) is 0 Å². The number of alkyl halides is 3. The number of aryl methyl sites for hydroxylation is 1. The van der Waals surface area contributed by atoms with Gasteiger partial charge in [0.25, 0.3) is 5.91 Å². The van der Waals surface area contributed by atoms with Gasteiger partial charge in [-0.05, 0) is 62.3 Å². The Balaban J connectivity index is 0.000000451. The Morgan fingerprint density at radius 1 is 1.16 bits per heavy atom. The van der Waals surface area contributed by atoms with Crippen molar-refractivity contribution in [3.63, 3.8) is 0 Å². The molecule has 176 valence electrons. The maximum Gasteiger partial charge on any atom is 0.490 e. The van der Waals surface area contributed by atoms with Gasteiger partial charge in [-0.1, -0.05) is 0 Å². The lowest BCUT2D eigenvalue weighted by Gasteiger charge is -2.25. The number of aromatic amines is 1. The van der Waals surface area contributed by atoms with Crippen molar-refractivity contribution in [3.8, 4) is 0 Å². The first-order valence-corrected chi connectivity index (χ1v) is 9.93. The van der Waals surface area contributed by atoms with Gasteiger partial charge in [-0.25, -0.2) is 9.18 Å². The Kier molecular flexibility index (Phi) is 8.64. The summed E-state index contributed by atoms with van der Waals surface area (Å²) in [5.41, 5.74) is 3.25. The van der Waals surface area contributed by atoms with E-state index in [1.165, 1.54) is 12.1 Å². The summed E-state index contributed by atoms with van der Waals surface area (Å²) in [4.78, 5) is 28.7. The van der Waals surface area contributed by atoms with Crippen molar-refractivity contribution in [2.75, 3.05) is 38.1 Å². The van der Waals surface area contributed by atoms with Gasteiger partial charge in [0.05, 0.1) is 0 Å². The van der Waals surface area contributed by atoms with E-state index in [0.717, 1.165) is 49.4 Å². The molecule has 32 heavy (non-hydrogen) atoms. The zero-order valence-electron chi connectivity index (χ0n) is 17.8. The molecule has 2 heterocycles. The largest absolute Gasteiger partial charge is 0.490 e. The number of likely N-dealkylation sites (N-methyl/N-ethyl adjacent to an activating group) is 1. The normalized spacial score (nSPS) is 14.9. The molecule has 0 unspecified atom stereocenters. The lowest BCUT2D eigenvalue weighted by molar-refractivity contribution is -0.192. The van der Waals surface area contributed by atoms with Crippen LogP contribution in [0.4, 0.5) is 23.2 Å². The molecule has 1 aliphatic heterocycles. The zero-order chi connectivity index (χ0) is 23.9. The van der Waals surface area contributed by atoms with Gasteiger partial charge in [-0.3, -0.25) is 4.79 Å². The van der Waals surface area contributed by atoms with Gasteiger partial charge in [0, 0.05) is 38.1 Å². The summed E-state index contributed by atoms with van der Waals surface area (Å²) >= 11 is 0. The van der Waals surface area contributed by atoms with Gasteiger partial charge in [0.15, 0.2) is 0 Å². The van der Waals surface area contributed by atoms with Gasteiger partial charge in [-0.15, -0.1) is 0 Å². The number of nitrogens with one attached hydrogen (secondary N) is 2. The van der Waals surface area contributed by atoms with Crippen LogP contribution in [0.2, 0.25) is 0 Å². The van der Waals surface area contributed by atoms with Crippen LogP contribution in [-0.4, -0.2) is 66.3 Å². The molecule has 3 rings (SSSR count). The Labute approximate surface area is 183 Å². The van der Waals surface area contributed by atoms with Crippen LogP contribution in [0.15, 0.2) is 30.5 Å². The van der Waals surface area contributed by atoms with E-state index in [9.17, 15) is 22.4 Å². The lowest BCUT2D eigenvalue weighted by atomic mass is 10.1. The predicted octanol–water partition coefficient (Wildman–Crippen LogP) is 3.17. The van der Waals surface area contributed by atoms with Gasteiger partial charge >= 0.3 is 12.1 Å². The number of hydrogen-bond acceptors (Lipinski definition) is 4. The molecule has 1 fully saturated rings. The second kappa shape index (κ2) is 11.0. The summed E-state index contributed by atoms with van der Waals surface area (Å²) in [6.07, 6.45) is -2.27. The minimum Gasteiger partial charge on any atom is -0.475 e. The molecule has 11 heteroatoms. The fourth-order valence-corrected chi connectivity index (χ4v) is 3.25. The minimum atomic E-state index is -5.08. The molecule has 0 saturated carbocycles. The molecule has 1 amide bonds. The summed E-state index contributed by atoms with van der Waals surface area (Å²) in [5.74, 6) is -3.21. The van der Waals surface area contributed by atoms with Crippen molar-refractivity contribution in [2.24, 2.45) is 0 Å². The Morgan fingerprint density at radius 3 is 2.44 bits per heavy atom. The van der Waals surface area contributed by atoms with E-state index in [-0.39, 0.29) is 11.7 Å². The third-order valence-corrected chi connectivity index (χ3v) is 4.97. The number of hydrogen-bond donors (Lipinski definition) is 3. The number of carboxylic acids is 1. The second-order valence-electron chi connectivity index (χ2n) is 7.44. The fraction of sp³-hybridized carbons (Fsp3) is 0.429. The van der Waals surface area contributed by atoms with Crippen LogP contribution in [0.3, 0.4) is 0 Å². The number of benzene rings is 1. The van der Waals surface area contributed by atoms with Gasteiger partial charge in [-0.2, -0.15) is 13.2 Å². The maximum atomic E-state index is 13.8. The van der Waals surface area contributed by atoms with E-state index < -0.39 is 12.1 Å². The van der Waals surface area contributed by atoms with E-state index in [1.807, 2.05) is 19.1 Å². The first kappa shape index (κ1) is 25.2. The molecule has 1 aromatic carbocycles. The lowest BCUT2D eigenvalue weighted by Crippen LogP contribution is -2.31. The number of carbonyl (C=O) groups excluding carboxylic acids is 1. The number of aromatic nitrogens is 1. The van der Waals surface area contributed by atoms with Gasteiger partial charge in [0.1, 0.15) is 11.5 Å². The monoisotopic (exact) mass is 458 g/mol. The van der Waals surface area contributed by atoms with Crippen molar-refractivity contribution in [2.45, 2.75) is 26.1 Å². The van der Waals surface area contributed by atoms with Crippen molar-refractivity contribution in [1.82, 2.24) is 15.2 Å². The fourth-order valence-electron chi connectivity index (χ4n) is 3.25. The minimum absolute atomic E-state index is 0.173. The summed E-state index contributed by atoms with van der Waals surface area (Å²) in [7, 11) is 2.12. The van der Waals surface area contributed by atoms with Crippen LogP contribution >= 0.6 is 0 Å². The predicted molar refractivity (Wildman–Crippen MR) is 111 cm³/mol. The third kappa shape index (κ3) is 7.26. The Bertz CT molecular complexity index is 930. The van der Waals surface area contributed by atoms with E-state index >= 15 is 0 Å². The van der Waals surface area contributed by atoms with Crippen molar-refractivity contribution in [3.05, 3.63) is 53.1 Å². The molecule has 2 aromatic rings. The number of anilines is 1. The molecule has 0 spiro atoms. The number of aliphatic carboxylic acids is 1. The standard InChI is InChI=1S/C19H25FN4O.C2HF3O2/c1-14-6-7-21-18(14)19(25)22-13-15-12-16(20)4-5-17(15)24-9-3-8-23(2)10-11-24;3-2(4,5)1(6)7/h4-7,12,21H,3,8-11,13H2,1-2H3,(H,22,25);(H,6,7). The molecule has 0 atom stereocenters. The highest BCUT2D eigenvalue weighted by Crippen LogP contribution is 2.23. The van der Waals surface area contributed by atoms with Crippen molar-refractivity contribution >= 4 is 17.6 Å². The van der Waals surface area contributed by atoms with Gasteiger partial charge < -0.3 is 25.2 Å². The van der Waals surface area contributed by atoms with E-state index in [1.54, 1.807) is 6.20 Å². The van der Waals surface area contributed by atoms with Crippen LogP contribution in [0.25, 0.3) is 0 Å². The van der Waals surface area contributed by atoms with Crippen molar-refractivity contribution < 1.29 is 32.3 Å². The summed E-state index contributed by atoms with van der Waals surface area (Å²) in [5, 5.41) is 10.0. The first-order chi connectivity index (χ1) is 15.0. The topological polar surface area (TPSA) is 88.7 Å². The molecule has 1 saturated heterocycles. The highest BCUT2D eigenvalue weighted by molar-refractivity contribution is 5.93. The Hall–Kier alpha value is -3.08. The molecule has 7 nitrogen and oxygen atoms in total. The highest BCUT2D eigenvalue weighted by Gasteiger charge is 2.38. The summed E-state index contributed by atoms with van der Waals surface area (Å²) in [6, 6.07) is 6.69. The van der Waals surface area contributed by atoms with E-state index in [4.69, 9.17) is 9.90 Å². The number of amides is 1. The molecule has 0 bridgehead atoms.